The monoisotopic (exact) mass is 406 g/mol. The summed E-state index contributed by atoms with van der Waals surface area (Å²) in [4.78, 5) is 27.3. The van der Waals surface area contributed by atoms with Crippen molar-refractivity contribution in [2.75, 3.05) is 13.1 Å². The number of nitrogens with one attached hydrogen (secondary N) is 1. The maximum Gasteiger partial charge on any atom is 0.253 e. The van der Waals surface area contributed by atoms with Crippen LogP contribution in [0.5, 0.6) is 0 Å². The van der Waals surface area contributed by atoms with Crippen LogP contribution in [0, 0.1) is 11.7 Å². The summed E-state index contributed by atoms with van der Waals surface area (Å²) in [5.41, 5.74) is 1.41. The molecule has 1 aromatic heterocycles. The molecule has 154 valence electrons. The molecule has 1 unspecified atom stereocenters. The molecule has 0 aliphatic carbocycles. The second kappa shape index (κ2) is 8.95. The van der Waals surface area contributed by atoms with Crippen molar-refractivity contribution < 1.29 is 18.4 Å². The van der Waals surface area contributed by atoms with Crippen molar-refractivity contribution in [3.8, 4) is 0 Å². The summed E-state index contributed by atoms with van der Waals surface area (Å²) in [6.45, 7) is 0.982. The third kappa shape index (κ3) is 4.43. The number of halogens is 1. The van der Waals surface area contributed by atoms with E-state index in [1.165, 1.54) is 24.3 Å². The van der Waals surface area contributed by atoms with Crippen LogP contribution in [0.2, 0.25) is 0 Å². The van der Waals surface area contributed by atoms with E-state index in [0.29, 0.717) is 37.3 Å². The van der Waals surface area contributed by atoms with Gasteiger partial charge in [-0.25, -0.2) is 4.39 Å². The Morgan fingerprint density at radius 2 is 1.67 bits per heavy atom. The summed E-state index contributed by atoms with van der Waals surface area (Å²) in [6.07, 6.45) is 2.76. The molecule has 1 saturated heterocycles. The number of likely N-dealkylation sites (tertiary alicyclic amines) is 1. The normalized spacial score (nSPS) is 15.6. The Morgan fingerprint density at radius 1 is 0.967 bits per heavy atom. The van der Waals surface area contributed by atoms with E-state index in [9.17, 15) is 14.0 Å². The summed E-state index contributed by atoms with van der Waals surface area (Å²) in [5, 5.41) is 3.11. The van der Waals surface area contributed by atoms with Crippen molar-refractivity contribution >= 4 is 11.8 Å². The third-order valence-corrected chi connectivity index (χ3v) is 5.49. The fourth-order valence-electron chi connectivity index (χ4n) is 3.80. The van der Waals surface area contributed by atoms with Crippen LogP contribution < -0.4 is 5.32 Å². The predicted octanol–water partition coefficient (Wildman–Crippen LogP) is 4.18. The van der Waals surface area contributed by atoms with Crippen molar-refractivity contribution in [1.29, 1.82) is 0 Å². The lowest BCUT2D eigenvalue weighted by atomic mass is 9.94. The SMILES string of the molecule is O=C(NC(c1ccccc1)c1ccco1)C1CCN(C(=O)c2ccc(F)cc2)CC1. The Labute approximate surface area is 174 Å². The van der Waals surface area contributed by atoms with Gasteiger partial charge in [0.2, 0.25) is 5.91 Å². The van der Waals surface area contributed by atoms with E-state index in [2.05, 4.69) is 5.32 Å². The fourth-order valence-corrected chi connectivity index (χ4v) is 3.80. The van der Waals surface area contributed by atoms with E-state index in [1.807, 2.05) is 36.4 Å². The van der Waals surface area contributed by atoms with Crippen LogP contribution in [-0.2, 0) is 4.79 Å². The molecule has 5 nitrogen and oxygen atoms in total. The molecule has 1 fully saturated rings. The standard InChI is InChI=1S/C24H23FN2O3/c25-20-10-8-19(9-11-20)24(29)27-14-12-18(13-15-27)23(28)26-22(21-7-4-16-30-21)17-5-2-1-3-6-17/h1-11,16,18,22H,12-15H2,(H,26,28). The number of benzene rings is 2. The average molecular weight is 406 g/mol. The van der Waals surface area contributed by atoms with Crippen molar-refractivity contribution in [3.63, 3.8) is 0 Å². The van der Waals surface area contributed by atoms with Gasteiger partial charge in [0.05, 0.1) is 6.26 Å². The Bertz CT molecular complexity index is 979. The molecule has 3 aromatic rings. The van der Waals surface area contributed by atoms with Crippen LogP contribution in [0.25, 0.3) is 0 Å². The van der Waals surface area contributed by atoms with Crippen LogP contribution in [0.15, 0.2) is 77.4 Å². The first-order valence-corrected chi connectivity index (χ1v) is 10.1. The largest absolute Gasteiger partial charge is 0.467 e. The molecule has 0 spiro atoms. The van der Waals surface area contributed by atoms with Gasteiger partial charge in [-0.1, -0.05) is 30.3 Å². The second-order valence-corrected chi connectivity index (χ2v) is 7.44. The van der Waals surface area contributed by atoms with Gasteiger partial charge in [0.1, 0.15) is 17.6 Å². The highest BCUT2D eigenvalue weighted by molar-refractivity contribution is 5.94. The van der Waals surface area contributed by atoms with Gasteiger partial charge in [0.15, 0.2) is 0 Å². The lowest BCUT2D eigenvalue weighted by molar-refractivity contribution is -0.126. The summed E-state index contributed by atoms with van der Waals surface area (Å²) < 4.78 is 18.6. The van der Waals surface area contributed by atoms with Crippen molar-refractivity contribution in [2.24, 2.45) is 5.92 Å². The molecular formula is C24H23FN2O3. The molecular weight excluding hydrogens is 383 g/mol. The van der Waals surface area contributed by atoms with Crippen LogP contribution in [0.1, 0.15) is 40.6 Å². The maximum absolute atomic E-state index is 13.1. The minimum atomic E-state index is -0.369. The molecule has 1 N–H and O–H groups in total. The van der Waals surface area contributed by atoms with Gasteiger partial charge in [0, 0.05) is 24.6 Å². The van der Waals surface area contributed by atoms with Crippen LogP contribution in [-0.4, -0.2) is 29.8 Å². The van der Waals surface area contributed by atoms with Crippen LogP contribution >= 0.6 is 0 Å². The molecule has 2 amide bonds. The Kier molecular flexibility index (Phi) is 5.93. The van der Waals surface area contributed by atoms with Crippen molar-refractivity contribution in [3.05, 3.63) is 95.7 Å². The van der Waals surface area contributed by atoms with Crippen LogP contribution in [0.4, 0.5) is 4.39 Å². The fraction of sp³-hybridized carbons (Fsp3) is 0.250. The molecule has 6 heteroatoms. The van der Waals surface area contributed by atoms with Gasteiger partial charge in [-0.15, -0.1) is 0 Å². The number of rotatable bonds is 5. The second-order valence-electron chi connectivity index (χ2n) is 7.44. The van der Waals surface area contributed by atoms with Gasteiger partial charge < -0.3 is 14.6 Å². The lowest BCUT2D eigenvalue weighted by Gasteiger charge is -2.32. The zero-order valence-electron chi connectivity index (χ0n) is 16.5. The molecule has 0 radical (unpaired) electrons. The number of carbonyl (C=O) groups excluding carboxylic acids is 2. The smallest absolute Gasteiger partial charge is 0.253 e. The quantitative estimate of drug-likeness (QED) is 0.692. The van der Waals surface area contributed by atoms with E-state index < -0.39 is 0 Å². The van der Waals surface area contributed by atoms with Crippen molar-refractivity contribution in [2.45, 2.75) is 18.9 Å². The maximum atomic E-state index is 13.1. The first-order chi connectivity index (χ1) is 14.6. The number of hydrogen-bond acceptors (Lipinski definition) is 3. The van der Waals surface area contributed by atoms with E-state index in [-0.39, 0.29) is 29.6 Å². The summed E-state index contributed by atoms with van der Waals surface area (Å²) >= 11 is 0. The Morgan fingerprint density at radius 3 is 2.30 bits per heavy atom. The van der Waals surface area contributed by atoms with Gasteiger partial charge in [-0.3, -0.25) is 9.59 Å². The third-order valence-electron chi connectivity index (χ3n) is 5.49. The minimum absolute atomic E-state index is 0.0471. The predicted molar refractivity (Wildman–Crippen MR) is 110 cm³/mol. The molecule has 30 heavy (non-hydrogen) atoms. The number of hydrogen-bond donors (Lipinski definition) is 1. The van der Waals surface area contributed by atoms with Gasteiger partial charge in [0.25, 0.3) is 5.91 Å². The van der Waals surface area contributed by atoms with E-state index in [1.54, 1.807) is 17.2 Å². The van der Waals surface area contributed by atoms with Gasteiger partial charge in [-0.05, 0) is 54.8 Å². The number of amides is 2. The zero-order valence-corrected chi connectivity index (χ0v) is 16.5. The highest BCUT2D eigenvalue weighted by atomic mass is 19.1. The summed E-state index contributed by atoms with van der Waals surface area (Å²) in [7, 11) is 0. The molecule has 1 atom stereocenters. The van der Waals surface area contributed by atoms with Crippen molar-refractivity contribution in [1.82, 2.24) is 10.2 Å². The van der Waals surface area contributed by atoms with Crippen LogP contribution in [0.3, 0.4) is 0 Å². The number of furan rings is 1. The molecule has 4 rings (SSSR count). The minimum Gasteiger partial charge on any atom is -0.467 e. The number of carbonyl (C=O) groups is 2. The van der Waals surface area contributed by atoms with E-state index >= 15 is 0 Å². The molecule has 2 heterocycles. The summed E-state index contributed by atoms with van der Waals surface area (Å²) in [6, 6.07) is 18.5. The topological polar surface area (TPSA) is 62.6 Å². The number of nitrogens with zero attached hydrogens (tertiary/aromatic N) is 1. The molecule has 0 saturated carbocycles. The molecule has 1 aliphatic rings. The van der Waals surface area contributed by atoms with E-state index in [4.69, 9.17) is 4.42 Å². The molecule has 0 bridgehead atoms. The molecule has 2 aromatic carbocycles. The Balaban J connectivity index is 1.39. The highest BCUT2D eigenvalue weighted by Crippen LogP contribution is 2.25. The first kappa shape index (κ1) is 19.9. The molecule has 1 aliphatic heterocycles. The van der Waals surface area contributed by atoms with Gasteiger partial charge in [-0.2, -0.15) is 0 Å². The first-order valence-electron chi connectivity index (χ1n) is 10.1. The van der Waals surface area contributed by atoms with Gasteiger partial charge >= 0.3 is 0 Å². The highest BCUT2D eigenvalue weighted by Gasteiger charge is 2.30. The average Bonchev–Trinajstić information content (AvgIpc) is 3.33. The zero-order chi connectivity index (χ0) is 20.9. The lowest BCUT2D eigenvalue weighted by Crippen LogP contribution is -2.43. The Hall–Kier alpha value is -3.41. The summed E-state index contributed by atoms with van der Waals surface area (Å²) in [5.74, 6) is -0.0471. The van der Waals surface area contributed by atoms with E-state index in [0.717, 1.165) is 5.56 Å². The number of piperidine rings is 1.